The number of hydrogen-bond acceptors (Lipinski definition) is 1. The van der Waals surface area contributed by atoms with Gasteiger partial charge in [-0.25, -0.2) is 4.98 Å². The van der Waals surface area contributed by atoms with Crippen molar-refractivity contribution in [1.82, 2.24) is 4.98 Å². The molecule has 0 aliphatic carbocycles. The largest absolute Gasteiger partial charge is 0.301 e. The van der Waals surface area contributed by atoms with E-state index in [1.807, 2.05) is 24.4 Å². The molecule has 0 fully saturated rings. The van der Waals surface area contributed by atoms with E-state index in [0.29, 0.717) is 5.15 Å². The van der Waals surface area contributed by atoms with Gasteiger partial charge in [-0.1, -0.05) is 29.8 Å². The maximum atomic E-state index is 5.75. The Morgan fingerprint density at radius 3 is 2.50 bits per heavy atom. The first-order valence-electron chi connectivity index (χ1n) is 5.24. The average molecular weight is 234 g/mol. The first kappa shape index (κ1) is 11.1. The lowest BCUT2D eigenvalue weighted by Gasteiger charge is -2.12. The molecule has 16 heavy (non-hydrogen) atoms. The Hall–Kier alpha value is -1.38. The summed E-state index contributed by atoms with van der Waals surface area (Å²) in [5, 5.41) is 0.543. The number of benzene rings is 1. The highest BCUT2D eigenvalue weighted by atomic mass is 35.5. The van der Waals surface area contributed by atoms with Crippen LogP contribution in [0.1, 0.15) is 5.56 Å². The molecule has 1 aromatic carbocycles. The summed E-state index contributed by atoms with van der Waals surface area (Å²) in [5.41, 5.74) is 2.46. The Kier molecular flexibility index (Phi) is 3.54. The molecular formula is C13H14ClN2+. The number of pyridine rings is 1. The maximum Gasteiger partial charge on any atom is 0.131 e. The normalized spacial score (nSPS) is 12.4. The van der Waals surface area contributed by atoms with Crippen molar-refractivity contribution in [3.63, 3.8) is 0 Å². The molecule has 2 aromatic rings. The second-order valence-corrected chi connectivity index (χ2v) is 4.20. The van der Waals surface area contributed by atoms with Gasteiger partial charge < -0.3 is 4.90 Å². The summed E-state index contributed by atoms with van der Waals surface area (Å²) in [5.74, 6) is 0. The number of aromatic nitrogens is 1. The molecule has 1 unspecified atom stereocenters. The number of nitrogens with zero attached hydrogens (tertiary/aromatic N) is 1. The fourth-order valence-electron chi connectivity index (χ4n) is 1.64. The van der Waals surface area contributed by atoms with Gasteiger partial charge in [0.2, 0.25) is 0 Å². The lowest BCUT2D eigenvalue weighted by Crippen LogP contribution is -3.02. The zero-order valence-electron chi connectivity index (χ0n) is 9.15. The van der Waals surface area contributed by atoms with Gasteiger partial charge in [-0.2, -0.15) is 0 Å². The molecule has 0 aliphatic heterocycles. The fraction of sp³-hybridized carbons (Fsp3) is 0.154. The minimum absolute atomic E-state index is 0.543. The predicted octanol–water partition coefficient (Wildman–Crippen LogP) is 2.08. The summed E-state index contributed by atoms with van der Waals surface area (Å²) in [6.45, 7) is 0.911. The highest BCUT2D eigenvalue weighted by Crippen LogP contribution is 2.05. The van der Waals surface area contributed by atoms with Gasteiger partial charge in [-0.3, -0.25) is 0 Å². The molecule has 2 rings (SSSR count). The Labute approximate surface area is 101 Å². The van der Waals surface area contributed by atoms with Gasteiger partial charge in [0.1, 0.15) is 17.4 Å². The van der Waals surface area contributed by atoms with Crippen LogP contribution in [-0.2, 0) is 6.54 Å². The van der Waals surface area contributed by atoms with Crippen molar-refractivity contribution in [2.24, 2.45) is 0 Å². The molecule has 0 saturated heterocycles. The van der Waals surface area contributed by atoms with E-state index in [1.165, 1.54) is 16.2 Å². The van der Waals surface area contributed by atoms with Gasteiger partial charge >= 0.3 is 0 Å². The zero-order valence-corrected chi connectivity index (χ0v) is 9.91. The van der Waals surface area contributed by atoms with Crippen LogP contribution in [0.25, 0.3) is 0 Å². The Balaban J connectivity index is 2.08. The minimum atomic E-state index is 0.543. The number of nitrogens with one attached hydrogen (secondary N) is 1. The van der Waals surface area contributed by atoms with E-state index in [-0.39, 0.29) is 0 Å². The third kappa shape index (κ3) is 2.81. The van der Waals surface area contributed by atoms with Gasteiger partial charge in [0, 0.05) is 11.8 Å². The van der Waals surface area contributed by atoms with Gasteiger partial charge in [-0.15, -0.1) is 0 Å². The third-order valence-electron chi connectivity index (χ3n) is 2.52. The lowest BCUT2D eigenvalue weighted by atomic mass is 10.2. The predicted molar refractivity (Wildman–Crippen MR) is 65.9 cm³/mol. The number of rotatable bonds is 3. The first-order valence-corrected chi connectivity index (χ1v) is 5.62. The Morgan fingerprint density at radius 1 is 1.12 bits per heavy atom. The summed E-state index contributed by atoms with van der Waals surface area (Å²) in [6, 6.07) is 14.2. The van der Waals surface area contributed by atoms with Crippen LogP contribution in [0.5, 0.6) is 0 Å². The molecule has 1 N–H and O–H groups in total. The fourth-order valence-corrected chi connectivity index (χ4v) is 1.75. The topological polar surface area (TPSA) is 17.3 Å². The van der Waals surface area contributed by atoms with E-state index in [4.69, 9.17) is 11.6 Å². The monoisotopic (exact) mass is 233 g/mol. The van der Waals surface area contributed by atoms with Gasteiger partial charge in [0.05, 0.1) is 7.05 Å². The van der Waals surface area contributed by atoms with Crippen LogP contribution in [0.3, 0.4) is 0 Å². The highest BCUT2D eigenvalue weighted by molar-refractivity contribution is 6.29. The second-order valence-electron chi connectivity index (χ2n) is 3.81. The molecule has 0 bridgehead atoms. The molecule has 0 radical (unpaired) electrons. The summed E-state index contributed by atoms with van der Waals surface area (Å²) in [4.78, 5) is 5.42. The molecule has 1 aromatic heterocycles. The zero-order chi connectivity index (χ0) is 11.4. The SMILES string of the molecule is C[NH+](Cc1ccc(Cl)nc1)c1ccccc1. The summed E-state index contributed by atoms with van der Waals surface area (Å²) >= 11 is 5.75. The van der Waals surface area contributed by atoms with Crippen LogP contribution >= 0.6 is 11.6 Å². The third-order valence-corrected chi connectivity index (χ3v) is 2.75. The van der Waals surface area contributed by atoms with Crippen LogP contribution in [0.15, 0.2) is 48.7 Å². The van der Waals surface area contributed by atoms with E-state index in [1.54, 1.807) is 0 Å². The van der Waals surface area contributed by atoms with E-state index in [2.05, 4.69) is 36.3 Å². The van der Waals surface area contributed by atoms with E-state index >= 15 is 0 Å². The molecule has 0 amide bonds. The molecule has 2 nitrogen and oxygen atoms in total. The van der Waals surface area contributed by atoms with Crippen molar-refractivity contribution in [3.8, 4) is 0 Å². The van der Waals surface area contributed by atoms with Gasteiger partial charge in [0.15, 0.2) is 0 Å². The highest BCUT2D eigenvalue weighted by Gasteiger charge is 2.06. The van der Waals surface area contributed by atoms with Crippen molar-refractivity contribution < 1.29 is 4.90 Å². The van der Waals surface area contributed by atoms with Crippen LogP contribution in [-0.4, -0.2) is 12.0 Å². The van der Waals surface area contributed by atoms with Crippen molar-refractivity contribution in [3.05, 3.63) is 59.4 Å². The van der Waals surface area contributed by atoms with Crippen molar-refractivity contribution in [2.75, 3.05) is 7.05 Å². The van der Waals surface area contributed by atoms with Gasteiger partial charge in [0.25, 0.3) is 0 Å². The smallest absolute Gasteiger partial charge is 0.131 e. The Bertz CT molecular complexity index is 439. The number of hydrogen-bond donors (Lipinski definition) is 1. The molecule has 3 heteroatoms. The lowest BCUT2D eigenvalue weighted by molar-refractivity contribution is -0.825. The second kappa shape index (κ2) is 5.10. The molecule has 82 valence electrons. The van der Waals surface area contributed by atoms with Crippen LogP contribution in [0.2, 0.25) is 5.15 Å². The van der Waals surface area contributed by atoms with Crippen molar-refractivity contribution in [2.45, 2.75) is 6.54 Å². The molecule has 1 atom stereocenters. The maximum absolute atomic E-state index is 5.75. The summed E-state index contributed by atoms with van der Waals surface area (Å²) < 4.78 is 0. The number of halogens is 1. The Morgan fingerprint density at radius 2 is 1.88 bits per heavy atom. The number of quaternary nitrogens is 1. The van der Waals surface area contributed by atoms with Gasteiger partial charge in [-0.05, 0) is 24.3 Å². The summed E-state index contributed by atoms with van der Waals surface area (Å²) in [7, 11) is 2.14. The van der Waals surface area contributed by atoms with Crippen molar-refractivity contribution in [1.29, 1.82) is 0 Å². The van der Waals surface area contributed by atoms with E-state index < -0.39 is 0 Å². The molecule has 0 aliphatic rings. The molecule has 1 heterocycles. The van der Waals surface area contributed by atoms with E-state index in [9.17, 15) is 0 Å². The van der Waals surface area contributed by atoms with E-state index in [0.717, 1.165) is 6.54 Å². The minimum Gasteiger partial charge on any atom is -0.301 e. The van der Waals surface area contributed by atoms with Crippen molar-refractivity contribution >= 4 is 17.3 Å². The molecule has 0 saturated carbocycles. The molecule has 0 spiro atoms. The first-order chi connectivity index (χ1) is 7.75. The molecular weight excluding hydrogens is 220 g/mol. The van der Waals surface area contributed by atoms with Crippen LogP contribution in [0, 0.1) is 0 Å². The number of para-hydroxylation sites is 1. The summed E-state index contributed by atoms with van der Waals surface area (Å²) in [6.07, 6.45) is 1.83. The van der Waals surface area contributed by atoms with Crippen LogP contribution < -0.4 is 4.90 Å². The quantitative estimate of drug-likeness (QED) is 0.804. The van der Waals surface area contributed by atoms with Crippen LogP contribution in [0.4, 0.5) is 5.69 Å². The average Bonchev–Trinajstić information content (AvgIpc) is 2.33. The standard InChI is InChI=1S/C13H13ClN2/c1-16(12-5-3-2-4-6-12)10-11-7-8-13(14)15-9-11/h2-9H,10H2,1H3/p+1.